The molecule has 0 aliphatic carbocycles. The number of carbonyl (C=O) groups is 2. The zero-order valence-electron chi connectivity index (χ0n) is 9.82. The topological polar surface area (TPSA) is 43.4 Å². The first-order valence-electron chi connectivity index (χ1n) is 5.15. The zero-order chi connectivity index (χ0) is 12.2. The summed E-state index contributed by atoms with van der Waals surface area (Å²) in [6, 6.07) is 6.47. The molecule has 0 spiro atoms. The van der Waals surface area contributed by atoms with E-state index in [-0.39, 0.29) is 5.41 Å². The Hall–Kier alpha value is -1.64. The predicted molar refractivity (Wildman–Crippen MR) is 61.6 cm³/mol. The summed E-state index contributed by atoms with van der Waals surface area (Å²) in [5.41, 5.74) is 0.830. The Bertz CT molecular complexity index is 388. The summed E-state index contributed by atoms with van der Waals surface area (Å²) in [6.45, 7) is 6.32. The van der Waals surface area contributed by atoms with Crippen molar-refractivity contribution in [1.82, 2.24) is 0 Å². The molecule has 1 rings (SSSR count). The largest absolute Gasteiger partial charge is 0.462 e. The van der Waals surface area contributed by atoms with Gasteiger partial charge in [0.25, 0.3) is 0 Å². The maximum Gasteiger partial charge on any atom is 0.338 e. The van der Waals surface area contributed by atoms with Crippen molar-refractivity contribution in [2.24, 2.45) is 5.41 Å². The lowest BCUT2D eigenvalue weighted by atomic mass is 9.99. The lowest BCUT2D eigenvalue weighted by molar-refractivity contribution is 0.0367. The number of benzene rings is 1. The van der Waals surface area contributed by atoms with Crippen molar-refractivity contribution in [2.45, 2.75) is 20.8 Å². The molecule has 1 aromatic carbocycles. The van der Waals surface area contributed by atoms with Gasteiger partial charge in [-0.05, 0) is 17.5 Å². The molecule has 0 fully saturated rings. The van der Waals surface area contributed by atoms with Crippen LogP contribution in [0.3, 0.4) is 0 Å². The van der Waals surface area contributed by atoms with E-state index in [0.717, 1.165) is 0 Å². The molecule has 0 saturated carbocycles. The monoisotopic (exact) mass is 220 g/mol. The van der Waals surface area contributed by atoms with Crippen LogP contribution in [0.2, 0.25) is 0 Å². The van der Waals surface area contributed by atoms with Gasteiger partial charge in [-0.25, -0.2) is 4.79 Å². The van der Waals surface area contributed by atoms with E-state index in [1.807, 2.05) is 20.8 Å². The number of hydrogen-bond acceptors (Lipinski definition) is 3. The molecule has 0 heterocycles. The Morgan fingerprint density at radius 3 is 2.62 bits per heavy atom. The minimum Gasteiger partial charge on any atom is -0.462 e. The van der Waals surface area contributed by atoms with Crippen LogP contribution in [0.1, 0.15) is 41.5 Å². The lowest BCUT2D eigenvalue weighted by Gasteiger charge is -2.17. The van der Waals surface area contributed by atoms with Gasteiger partial charge in [-0.15, -0.1) is 0 Å². The Balaban J connectivity index is 2.69. The molecule has 0 N–H and O–H groups in total. The highest BCUT2D eigenvalue weighted by atomic mass is 16.5. The van der Waals surface area contributed by atoms with Crippen LogP contribution < -0.4 is 0 Å². The normalized spacial score (nSPS) is 10.9. The number of aldehydes is 1. The van der Waals surface area contributed by atoms with Crippen LogP contribution >= 0.6 is 0 Å². The summed E-state index contributed by atoms with van der Waals surface area (Å²) in [6.07, 6.45) is 0.709. The number of esters is 1. The number of rotatable bonds is 3. The van der Waals surface area contributed by atoms with Crippen molar-refractivity contribution in [3.8, 4) is 0 Å². The van der Waals surface area contributed by atoms with Crippen LogP contribution in [0.15, 0.2) is 24.3 Å². The van der Waals surface area contributed by atoms with Gasteiger partial charge >= 0.3 is 5.97 Å². The Kier molecular flexibility index (Phi) is 3.82. The highest BCUT2D eigenvalue weighted by Gasteiger charge is 2.15. The molecule has 1 aromatic rings. The fourth-order valence-electron chi connectivity index (χ4n) is 1.10. The molecule has 0 saturated heterocycles. The Labute approximate surface area is 95.4 Å². The molecule has 0 bridgehead atoms. The van der Waals surface area contributed by atoms with Gasteiger partial charge in [0.15, 0.2) is 0 Å². The van der Waals surface area contributed by atoms with Gasteiger partial charge in [-0.3, -0.25) is 4.79 Å². The number of ether oxygens (including phenoxy) is 1. The van der Waals surface area contributed by atoms with Crippen LogP contribution in [-0.2, 0) is 4.74 Å². The highest BCUT2D eigenvalue weighted by molar-refractivity contribution is 5.91. The first kappa shape index (κ1) is 12.4. The van der Waals surface area contributed by atoms with Crippen LogP contribution in [-0.4, -0.2) is 18.9 Å². The molecule has 0 unspecified atom stereocenters. The summed E-state index contributed by atoms with van der Waals surface area (Å²) in [7, 11) is 0. The second kappa shape index (κ2) is 4.92. The first-order chi connectivity index (χ1) is 7.42. The summed E-state index contributed by atoms with van der Waals surface area (Å²) in [5.74, 6) is -0.390. The van der Waals surface area contributed by atoms with Gasteiger partial charge < -0.3 is 4.74 Å². The number of carbonyl (C=O) groups excluding carboxylic acids is 2. The average Bonchev–Trinajstić information content (AvgIpc) is 2.25. The highest BCUT2D eigenvalue weighted by Crippen LogP contribution is 2.14. The Morgan fingerprint density at radius 2 is 2.06 bits per heavy atom. The zero-order valence-corrected chi connectivity index (χ0v) is 9.82. The van der Waals surface area contributed by atoms with Crippen LogP contribution in [0, 0.1) is 5.41 Å². The third-order valence-corrected chi connectivity index (χ3v) is 1.89. The third kappa shape index (κ3) is 3.85. The van der Waals surface area contributed by atoms with Gasteiger partial charge in [-0.2, -0.15) is 0 Å². The molecule has 0 aromatic heterocycles. The smallest absolute Gasteiger partial charge is 0.338 e. The van der Waals surface area contributed by atoms with Crippen molar-refractivity contribution in [3.63, 3.8) is 0 Å². The molecule has 16 heavy (non-hydrogen) atoms. The molecule has 3 heteroatoms. The van der Waals surface area contributed by atoms with E-state index in [9.17, 15) is 9.59 Å². The van der Waals surface area contributed by atoms with Gasteiger partial charge in [0.1, 0.15) is 6.29 Å². The van der Waals surface area contributed by atoms with E-state index in [0.29, 0.717) is 24.0 Å². The predicted octanol–water partition coefficient (Wildman–Crippen LogP) is 2.70. The van der Waals surface area contributed by atoms with Gasteiger partial charge in [0.2, 0.25) is 0 Å². The van der Waals surface area contributed by atoms with E-state index < -0.39 is 5.97 Å². The molecular formula is C13H16O3. The molecule has 3 nitrogen and oxygen atoms in total. The average molecular weight is 220 g/mol. The summed E-state index contributed by atoms with van der Waals surface area (Å²) >= 11 is 0. The fourth-order valence-corrected chi connectivity index (χ4v) is 1.10. The second-order valence-electron chi connectivity index (χ2n) is 4.88. The minimum atomic E-state index is -0.390. The quantitative estimate of drug-likeness (QED) is 0.581. The minimum absolute atomic E-state index is 0.0576. The van der Waals surface area contributed by atoms with E-state index in [2.05, 4.69) is 0 Å². The molecular weight excluding hydrogens is 204 g/mol. The SMILES string of the molecule is CC(C)(C)COC(=O)c1cccc(C=O)c1. The van der Waals surface area contributed by atoms with E-state index in [1.165, 1.54) is 6.07 Å². The molecule has 0 aliphatic heterocycles. The maximum absolute atomic E-state index is 11.6. The summed E-state index contributed by atoms with van der Waals surface area (Å²) in [5, 5.41) is 0. The van der Waals surface area contributed by atoms with E-state index in [1.54, 1.807) is 18.2 Å². The van der Waals surface area contributed by atoms with Crippen molar-refractivity contribution < 1.29 is 14.3 Å². The van der Waals surface area contributed by atoms with Crippen molar-refractivity contribution >= 4 is 12.3 Å². The van der Waals surface area contributed by atoms with E-state index >= 15 is 0 Å². The van der Waals surface area contributed by atoms with Gasteiger partial charge in [-0.1, -0.05) is 32.9 Å². The fraction of sp³-hybridized carbons (Fsp3) is 0.385. The Morgan fingerprint density at radius 1 is 1.38 bits per heavy atom. The van der Waals surface area contributed by atoms with Crippen molar-refractivity contribution in [3.05, 3.63) is 35.4 Å². The van der Waals surface area contributed by atoms with Crippen molar-refractivity contribution in [1.29, 1.82) is 0 Å². The number of hydrogen-bond donors (Lipinski definition) is 0. The first-order valence-corrected chi connectivity index (χ1v) is 5.15. The molecule has 0 radical (unpaired) electrons. The standard InChI is InChI=1S/C13H16O3/c1-13(2,3)9-16-12(15)11-6-4-5-10(7-11)8-14/h4-8H,9H2,1-3H3. The van der Waals surface area contributed by atoms with Crippen LogP contribution in [0.5, 0.6) is 0 Å². The molecule has 0 amide bonds. The third-order valence-electron chi connectivity index (χ3n) is 1.89. The van der Waals surface area contributed by atoms with E-state index in [4.69, 9.17) is 4.74 Å². The molecule has 0 atom stereocenters. The second-order valence-corrected chi connectivity index (χ2v) is 4.88. The summed E-state index contributed by atoms with van der Waals surface area (Å²) < 4.78 is 5.14. The van der Waals surface area contributed by atoms with Crippen LogP contribution in [0.25, 0.3) is 0 Å². The lowest BCUT2D eigenvalue weighted by Crippen LogP contribution is -2.18. The van der Waals surface area contributed by atoms with Gasteiger partial charge in [0.05, 0.1) is 12.2 Å². The van der Waals surface area contributed by atoms with Crippen LogP contribution in [0.4, 0.5) is 0 Å². The van der Waals surface area contributed by atoms with Gasteiger partial charge in [0, 0.05) is 5.56 Å². The molecule has 86 valence electrons. The molecule has 0 aliphatic rings. The maximum atomic E-state index is 11.6. The van der Waals surface area contributed by atoms with Crippen molar-refractivity contribution in [2.75, 3.05) is 6.61 Å². The summed E-state index contributed by atoms with van der Waals surface area (Å²) in [4.78, 5) is 22.2.